The van der Waals surface area contributed by atoms with Crippen molar-refractivity contribution in [2.75, 3.05) is 18.0 Å². The lowest BCUT2D eigenvalue weighted by Gasteiger charge is -2.29. The normalized spacial score (nSPS) is 13.1. The number of hydrogen-bond acceptors (Lipinski definition) is 3. The third kappa shape index (κ3) is 3.60. The van der Waals surface area contributed by atoms with Crippen LogP contribution in [0.1, 0.15) is 39.6 Å². The molecule has 1 aliphatic rings. The highest BCUT2D eigenvalue weighted by Gasteiger charge is 2.23. The molecule has 128 valence electrons. The van der Waals surface area contributed by atoms with Crippen molar-refractivity contribution in [3.8, 4) is 0 Å². The molecule has 0 atom stereocenters. The average Bonchev–Trinajstić information content (AvgIpc) is 2.65. The van der Waals surface area contributed by atoms with Crippen molar-refractivity contribution in [2.24, 2.45) is 0 Å². The van der Waals surface area contributed by atoms with Crippen LogP contribution in [0.15, 0.2) is 48.5 Å². The van der Waals surface area contributed by atoms with Crippen LogP contribution in [0.2, 0.25) is 0 Å². The molecule has 0 saturated carbocycles. The zero-order valence-electron chi connectivity index (χ0n) is 14.1. The molecular formula is C20H20N2O3. The van der Waals surface area contributed by atoms with Gasteiger partial charge in [0.1, 0.15) is 0 Å². The fourth-order valence-corrected chi connectivity index (χ4v) is 3.13. The number of nitrogens with one attached hydrogen (secondary N) is 1. The van der Waals surface area contributed by atoms with Crippen LogP contribution in [-0.4, -0.2) is 30.7 Å². The number of carbonyl (C=O) groups is 3. The Bertz CT molecular complexity index is 829. The number of rotatable bonds is 4. The first kappa shape index (κ1) is 16.9. The Hall–Kier alpha value is -2.95. The van der Waals surface area contributed by atoms with E-state index in [0.29, 0.717) is 17.7 Å². The Morgan fingerprint density at radius 2 is 1.68 bits per heavy atom. The van der Waals surface area contributed by atoms with E-state index in [1.54, 1.807) is 29.2 Å². The van der Waals surface area contributed by atoms with Gasteiger partial charge in [-0.05, 0) is 37.5 Å². The number of Topliss-reactive ketones (excluding diaryl/α,β-unsaturated/α-hetero) is 1. The molecule has 25 heavy (non-hydrogen) atoms. The largest absolute Gasteiger partial charge is 0.343 e. The van der Waals surface area contributed by atoms with Gasteiger partial charge in [-0.1, -0.05) is 36.4 Å². The molecule has 0 spiro atoms. The fraction of sp³-hybridized carbons (Fsp3) is 0.250. The molecule has 0 bridgehead atoms. The second-order valence-electron chi connectivity index (χ2n) is 6.06. The molecule has 1 heterocycles. The van der Waals surface area contributed by atoms with E-state index in [-0.39, 0.29) is 18.2 Å². The van der Waals surface area contributed by atoms with Gasteiger partial charge in [-0.2, -0.15) is 0 Å². The van der Waals surface area contributed by atoms with Crippen molar-refractivity contribution in [1.82, 2.24) is 5.32 Å². The highest BCUT2D eigenvalue weighted by molar-refractivity contribution is 6.08. The average molecular weight is 336 g/mol. The highest BCUT2D eigenvalue weighted by atomic mass is 16.2. The first-order valence-corrected chi connectivity index (χ1v) is 8.34. The summed E-state index contributed by atoms with van der Waals surface area (Å²) < 4.78 is 0. The summed E-state index contributed by atoms with van der Waals surface area (Å²) in [5.41, 5.74) is 2.71. The third-order valence-electron chi connectivity index (χ3n) is 4.36. The zero-order chi connectivity index (χ0) is 17.8. The predicted molar refractivity (Wildman–Crippen MR) is 95.9 cm³/mol. The number of aryl methyl sites for hydroxylation is 1. The number of hydrogen-bond donors (Lipinski definition) is 1. The molecule has 0 unspecified atom stereocenters. The van der Waals surface area contributed by atoms with Gasteiger partial charge in [-0.15, -0.1) is 0 Å². The summed E-state index contributed by atoms with van der Waals surface area (Å²) in [5.74, 6) is -0.743. The first-order chi connectivity index (χ1) is 12.1. The molecular weight excluding hydrogens is 316 g/mol. The lowest BCUT2D eigenvalue weighted by molar-refractivity contribution is -0.117. The molecule has 0 saturated heterocycles. The van der Waals surface area contributed by atoms with E-state index in [9.17, 15) is 14.4 Å². The number of anilines is 1. The van der Waals surface area contributed by atoms with Crippen LogP contribution in [0.4, 0.5) is 5.69 Å². The zero-order valence-corrected chi connectivity index (χ0v) is 14.1. The number of fused-ring (bicyclic) bond motifs is 1. The van der Waals surface area contributed by atoms with E-state index >= 15 is 0 Å². The minimum atomic E-state index is -0.413. The van der Waals surface area contributed by atoms with Gasteiger partial charge in [0.05, 0.1) is 12.1 Å². The maximum Gasteiger partial charge on any atom is 0.252 e. The number of benzene rings is 2. The lowest BCUT2D eigenvalue weighted by atomic mass is 10.0. The number of amides is 2. The minimum absolute atomic E-state index is 0.0978. The number of nitrogens with zero attached hydrogens (tertiary/aromatic N) is 1. The second-order valence-corrected chi connectivity index (χ2v) is 6.06. The van der Waals surface area contributed by atoms with E-state index in [2.05, 4.69) is 5.32 Å². The third-order valence-corrected chi connectivity index (χ3v) is 4.36. The summed E-state index contributed by atoms with van der Waals surface area (Å²) >= 11 is 0. The van der Waals surface area contributed by atoms with Crippen LogP contribution >= 0.6 is 0 Å². The molecule has 1 N–H and O–H groups in total. The van der Waals surface area contributed by atoms with Crippen molar-refractivity contribution >= 4 is 23.3 Å². The second kappa shape index (κ2) is 7.30. The standard InChI is InChI=1S/C20H20N2O3/c1-14(23)16-9-3-4-10-17(16)20(25)21-13-19(24)22-12-6-8-15-7-2-5-11-18(15)22/h2-5,7,9-11H,6,8,12-13H2,1H3,(H,21,25). The Morgan fingerprint density at radius 1 is 1.00 bits per heavy atom. The van der Waals surface area contributed by atoms with Crippen LogP contribution in [-0.2, 0) is 11.2 Å². The lowest BCUT2D eigenvalue weighted by Crippen LogP contribution is -2.42. The summed E-state index contributed by atoms with van der Waals surface area (Å²) in [6.45, 7) is 1.97. The van der Waals surface area contributed by atoms with Crippen LogP contribution in [0.25, 0.3) is 0 Å². The summed E-state index contributed by atoms with van der Waals surface area (Å²) in [7, 11) is 0. The topological polar surface area (TPSA) is 66.5 Å². The van der Waals surface area contributed by atoms with Crippen molar-refractivity contribution in [2.45, 2.75) is 19.8 Å². The van der Waals surface area contributed by atoms with E-state index in [0.717, 1.165) is 24.1 Å². The quantitative estimate of drug-likeness (QED) is 0.873. The maximum atomic E-state index is 12.6. The SMILES string of the molecule is CC(=O)c1ccccc1C(=O)NCC(=O)N1CCCc2ccccc21. The van der Waals surface area contributed by atoms with Crippen molar-refractivity contribution in [1.29, 1.82) is 0 Å². The predicted octanol–water partition coefficient (Wildman–Crippen LogP) is 2.60. The summed E-state index contributed by atoms with van der Waals surface area (Å²) in [4.78, 5) is 38.3. The van der Waals surface area contributed by atoms with Crippen molar-refractivity contribution in [3.63, 3.8) is 0 Å². The van der Waals surface area contributed by atoms with E-state index in [4.69, 9.17) is 0 Å². The smallest absolute Gasteiger partial charge is 0.252 e. The molecule has 0 aromatic heterocycles. The molecule has 2 aromatic carbocycles. The highest BCUT2D eigenvalue weighted by Crippen LogP contribution is 2.26. The summed E-state index contributed by atoms with van der Waals surface area (Å²) in [6.07, 6.45) is 1.86. The van der Waals surface area contributed by atoms with Crippen LogP contribution < -0.4 is 10.2 Å². The van der Waals surface area contributed by atoms with Crippen LogP contribution in [0.3, 0.4) is 0 Å². The fourth-order valence-electron chi connectivity index (χ4n) is 3.13. The maximum absolute atomic E-state index is 12.6. The molecule has 2 amide bonds. The van der Waals surface area contributed by atoms with Gasteiger partial charge in [0.2, 0.25) is 5.91 Å². The summed E-state index contributed by atoms with van der Waals surface area (Å²) in [6, 6.07) is 14.4. The number of ketones is 1. The monoisotopic (exact) mass is 336 g/mol. The number of carbonyl (C=O) groups excluding carboxylic acids is 3. The van der Waals surface area contributed by atoms with Crippen molar-refractivity contribution in [3.05, 3.63) is 65.2 Å². The molecule has 1 aliphatic heterocycles. The molecule has 2 aromatic rings. The molecule has 0 radical (unpaired) electrons. The van der Waals surface area contributed by atoms with E-state index in [1.807, 2.05) is 24.3 Å². The van der Waals surface area contributed by atoms with E-state index in [1.165, 1.54) is 6.92 Å². The molecule has 0 fully saturated rings. The Labute approximate surface area is 146 Å². The van der Waals surface area contributed by atoms with Gasteiger partial charge in [0, 0.05) is 17.8 Å². The Kier molecular flexibility index (Phi) is 4.93. The van der Waals surface area contributed by atoms with Gasteiger partial charge in [0.15, 0.2) is 5.78 Å². The van der Waals surface area contributed by atoms with Gasteiger partial charge >= 0.3 is 0 Å². The van der Waals surface area contributed by atoms with Gasteiger partial charge in [0.25, 0.3) is 5.91 Å². The van der Waals surface area contributed by atoms with Gasteiger partial charge in [-0.3, -0.25) is 14.4 Å². The van der Waals surface area contributed by atoms with Crippen LogP contribution in [0.5, 0.6) is 0 Å². The molecule has 5 heteroatoms. The molecule has 5 nitrogen and oxygen atoms in total. The minimum Gasteiger partial charge on any atom is -0.343 e. The summed E-state index contributed by atoms with van der Waals surface area (Å²) in [5, 5.41) is 2.64. The number of para-hydroxylation sites is 1. The van der Waals surface area contributed by atoms with E-state index < -0.39 is 5.91 Å². The first-order valence-electron chi connectivity index (χ1n) is 8.34. The Morgan fingerprint density at radius 3 is 2.44 bits per heavy atom. The molecule has 0 aliphatic carbocycles. The van der Waals surface area contributed by atoms with Crippen LogP contribution in [0, 0.1) is 0 Å². The molecule has 3 rings (SSSR count). The van der Waals surface area contributed by atoms with Gasteiger partial charge in [-0.25, -0.2) is 0 Å². The Balaban J connectivity index is 1.70. The van der Waals surface area contributed by atoms with Crippen molar-refractivity contribution < 1.29 is 14.4 Å². The van der Waals surface area contributed by atoms with Gasteiger partial charge < -0.3 is 10.2 Å².